The molecule has 3 amide bonds. The zero-order valence-electron chi connectivity index (χ0n) is 16.4. The third-order valence-electron chi connectivity index (χ3n) is 6.63. The van der Waals surface area contributed by atoms with Crippen LogP contribution in [-0.4, -0.2) is 59.2 Å². The lowest BCUT2D eigenvalue weighted by Gasteiger charge is -2.57. The van der Waals surface area contributed by atoms with Gasteiger partial charge < -0.3 is 19.9 Å². The third kappa shape index (κ3) is 3.65. The number of urea groups is 1. The zero-order valence-corrected chi connectivity index (χ0v) is 16.4. The molecule has 146 valence electrons. The maximum Gasteiger partial charge on any atom is 0.410 e. The molecule has 5 rings (SSSR count). The highest BCUT2D eigenvalue weighted by Gasteiger charge is 2.51. The molecule has 0 aromatic heterocycles. The first kappa shape index (κ1) is 17.9. The molecule has 0 aromatic rings. The smallest absolute Gasteiger partial charge is 0.410 e. The Labute approximate surface area is 156 Å². The summed E-state index contributed by atoms with van der Waals surface area (Å²) in [6.45, 7) is 7.88. The average molecular weight is 364 g/mol. The van der Waals surface area contributed by atoms with Gasteiger partial charge in [-0.2, -0.15) is 0 Å². The quantitative estimate of drug-likeness (QED) is 0.778. The Morgan fingerprint density at radius 2 is 1.35 bits per heavy atom. The fraction of sp³-hybridized carbons (Fsp3) is 0.900. The number of carbonyl (C=O) groups excluding carboxylic acids is 2. The molecule has 6 heteroatoms. The predicted molar refractivity (Wildman–Crippen MR) is 98.8 cm³/mol. The number of carbonyl (C=O) groups is 2. The van der Waals surface area contributed by atoms with E-state index in [4.69, 9.17) is 4.74 Å². The number of piperazine rings is 1. The summed E-state index contributed by atoms with van der Waals surface area (Å²) in [5.41, 5.74) is -0.432. The fourth-order valence-corrected chi connectivity index (χ4v) is 5.99. The van der Waals surface area contributed by atoms with Crippen LogP contribution in [0.3, 0.4) is 0 Å². The van der Waals surface area contributed by atoms with Crippen molar-refractivity contribution in [3.05, 3.63) is 0 Å². The summed E-state index contributed by atoms with van der Waals surface area (Å²) in [7, 11) is 0. The fourth-order valence-electron chi connectivity index (χ4n) is 5.99. The molecule has 1 aliphatic heterocycles. The summed E-state index contributed by atoms with van der Waals surface area (Å²) in [5, 5.41) is 3.43. The van der Waals surface area contributed by atoms with Crippen LogP contribution in [0, 0.1) is 17.8 Å². The highest BCUT2D eigenvalue weighted by Crippen LogP contribution is 2.55. The first-order valence-corrected chi connectivity index (χ1v) is 10.3. The number of ether oxygens (including phenoxy) is 1. The molecule has 5 fully saturated rings. The van der Waals surface area contributed by atoms with E-state index in [1.165, 1.54) is 38.5 Å². The maximum absolute atomic E-state index is 12.9. The van der Waals surface area contributed by atoms with E-state index < -0.39 is 5.60 Å². The van der Waals surface area contributed by atoms with Crippen LogP contribution in [0.25, 0.3) is 0 Å². The van der Waals surface area contributed by atoms with Gasteiger partial charge in [0.05, 0.1) is 0 Å². The molecule has 1 N–H and O–H groups in total. The minimum absolute atomic E-state index is 0.0497. The second kappa shape index (κ2) is 6.31. The SMILES string of the molecule is CC(C)(C)OC(=O)N1CCN(C(=O)NC23CC4CC(CC(C4)C2)C3)CC1. The number of nitrogens with one attached hydrogen (secondary N) is 1. The van der Waals surface area contributed by atoms with Crippen LogP contribution in [0.15, 0.2) is 0 Å². The van der Waals surface area contributed by atoms with Crippen LogP contribution in [-0.2, 0) is 4.74 Å². The molecular weight excluding hydrogens is 330 g/mol. The summed E-state index contributed by atoms with van der Waals surface area (Å²) in [5.74, 6) is 2.47. The predicted octanol–water partition coefficient (Wildman–Crippen LogP) is 3.22. The Kier molecular flexibility index (Phi) is 4.35. The van der Waals surface area contributed by atoms with Gasteiger partial charge in [0.15, 0.2) is 0 Å². The van der Waals surface area contributed by atoms with Crippen molar-refractivity contribution in [2.45, 2.75) is 70.4 Å². The van der Waals surface area contributed by atoms with Crippen LogP contribution < -0.4 is 5.32 Å². The van der Waals surface area contributed by atoms with Gasteiger partial charge in [0.1, 0.15) is 5.60 Å². The summed E-state index contributed by atoms with van der Waals surface area (Å²) in [6, 6.07) is 0.0655. The largest absolute Gasteiger partial charge is 0.444 e. The molecule has 6 nitrogen and oxygen atoms in total. The Morgan fingerprint density at radius 1 is 0.885 bits per heavy atom. The van der Waals surface area contributed by atoms with Gasteiger partial charge in [0, 0.05) is 31.7 Å². The van der Waals surface area contributed by atoms with Crippen LogP contribution in [0.1, 0.15) is 59.3 Å². The monoisotopic (exact) mass is 363 g/mol. The molecule has 5 aliphatic rings. The first-order valence-electron chi connectivity index (χ1n) is 10.3. The molecule has 0 unspecified atom stereocenters. The van der Waals surface area contributed by atoms with E-state index in [0.717, 1.165) is 17.8 Å². The van der Waals surface area contributed by atoms with Crippen molar-refractivity contribution in [1.29, 1.82) is 0 Å². The minimum atomic E-state index is -0.482. The van der Waals surface area contributed by atoms with Gasteiger partial charge in [0.2, 0.25) is 0 Å². The molecule has 1 heterocycles. The zero-order chi connectivity index (χ0) is 18.5. The number of nitrogens with zero attached hydrogens (tertiary/aromatic N) is 2. The molecule has 4 aliphatic carbocycles. The molecule has 26 heavy (non-hydrogen) atoms. The van der Waals surface area contributed by atoms with Crippen molar-refractivity contribution in [3.63, 3.8) is 0 Å². The summed E-state index contributed by atoms with van der Waals surface area (Å²) in [6.07, 6.45) is 7.36. The maximum atomic E-state index is 12.9. The lowest BCUT2D eigenvalue weighted by molar-refractivity contribution is -0.0172. The van der Waals surface area contributed by atoms with Crippen molar-refractivity contribution < 1.29 is 14.3 Å². The Balaban J connectivity index is 1.30. The summed E-state index contributed by atoms with van der Waals surface area (Å²) in [4.78, 5) is 28.6. The second-order valence-corrected chi connectivity index (χ2v) is 10.1. The van der Waals surface area contributed by atoms with Gasteiger partial charge in [-0.25, -0.2) is 9.59 Å². The minimum Gasteiger partial charge on any atom is -0.444 e. The number of hydrogen-bond donors (Lipinski definition) is 1. The van der Waals surface area contributed by atoms with Gasteiger partial charge >= 0.3 is 12.1 Å². The van der Waals surface area contributed by atoms with Gasteiger partial charge in [-0.15, -0.1) is 0 Å². The normalized spacial score (nSPS) is 36.2. The lowest BCUT2D eigenvalue weighted by Crippen LogP contribution is -2.63. The standard InChI is InChI=1S/C20H33N3O3/c1-19(2,3)26-18(25)23-6-4-22(5-7-23)17(24)21-20-11-14-8-15(12-20)10-16(9-14)13-20/h14-16H,4-13H2,1-3H3,(H,21,24). The van der Waals surface area contributed by atoms with Crippen LogP contribution in [0.2, 0.25) is 0 Å². The van der Waals surface area contributed by atoms with Crippen LogP contribution >= 0.6 is 0 Å². The summed E-state index contributed by atoms with van der Waals surface area (Å²) >= 11 is 0. The number of rotatable bonds is 1. The second-order valence-electron chi connectivity index (χ2n) is 10.1. The number of amides is 3. The van der Waals surface area contributed by atoms with E-state index in [0.29, 0.717) is 26.2 Å². The molecule has 0 radical (unpaired) electrons. The number of hydrogen-bond acceptors (Lipinski definition) is 3. The third-order valence-corrected chi connectivity index (χ3v) is 6.63. The van der Waals surface area contributed by atoms with E-state index in [2.05, 4.69) is 5.32 Å². The van der Waals surface area contributed by atoms with E-state index in [1.54, 1.807) is 4.90 Å². The average Bonchev–Trinajstić information content (AvgIpc) is 2.51. The molecule has 4 saturated carbocycles. The van der Waals surface area contributed by atoms with Crippen molar-refractivity contribution in [2.24, 2.45) is 17.8 Å². The Bertz CT molecular complexity index is 540. The van der Waals surface area contributed by atoms with Crippen LogP contribution in [0.5, 0.6) is 0 Å². The van der Waals surface area contributed by atoms with E-state index in [9.17, 15) is 9.59 Å². The first-order chi connectivity index (χ1) is 12.2. The molecule has 1 saturated heterocycles. The van der Waals surface area contributed by atoms with Crippen LogP contribution in [0.4, 0.5) is 9.59 Å². The molecule has 0 spiro atoms. The molecular formula is C20H33N3O3. The summed E-state index contributed by atoms with van der Waals surface area (Å²) < 4.78 is 5.43. The van der Waals surface area contributed by atoms with Crippen molar-refractivity contribution in [1.82, 2.24) is 15.1 Å². The lowest BCUT2D eigenvalue weighted by atomic mass is 9.53. The van der Waals surface area contributed by atoms with Gasteiger partial charge in [0.25, 0.3) is 0 Å². The van der Waals surface area contributed by atoms with Gasteiger partial charge in [-0.3, -0.25) is 0 Å². The van der Waals surface area contributed by atoms with Gasteiger partial charge in [-0.05, 0) is 77.0 Å². The van der Waals surface area contributed by atoms with Crippen molar-refractivity contribution in [2.75, 3.05) is 26.2 Å². The highest BCUT2D eigenvalue weighted by molar-refractivity contribution is 5.76. The molecule has 0 aromatic carbocycles. The topological polar surface area (TPSA) is 61.9 Å². The van der Waals surface area contributed by atoms with E-state index in [-0.39, 0.29) is 17.7 Å². The Hall–Kier alpha value is -1.46. The van der Waals surface area contributed by atoms with Crippen molar-refractivity contribution >= 4 is 12.1 Å². The Morgan fingerprint density at radius 3 is 1.81 bits per heavy atom. The van der Waals surface area contributed by atoms with E-state index in [1.807, 2.05) is 25.7 Å². The van der Waals surface area contributed by atoms with Gasteiger partial charge in [-0.1, -0.05) is 0 Å². The van der Waals surface area contributed by atoms with E-state index >= 15 is 0 Å². The molecule has 0 atom stereocenters. The molecule has 4 bridgehead atoms. The highest BCUT2D eigenvalue weighted by atomic mass is 16.6. The van der Waals surface area contributed by atoms with Crippen molar-refractivity contribution in [3.8, 4) is 0 Å².